The van der Waals surface area contributed by atoms with E-state index in [1.807, 2.05) is 12.1 Å². The predicted molar refractivity (Wildman–Crippen MR) is 165 cm³/mol. The summed E-state index contributed by atoms with van der Waals surface area (Å²) in [5.74, 6) is 0.862. The van der Waals surface area contributed by atoms with Gasteiger partial charge in [0.05, 0.1) is 7.11 Å². The third kappa shape index (κ3) is 5.31. The fraction of sp³-hybridized carbons (Fsp3) is 0.0625. The smallest absolute Gasteiger partial charge is 0.118 e. The molecule has 0 unspecified atom stereocenters. The van der Waals surface area contributed by atoms with Crippen LogP contribution in [0.15, 0.2) is 109 Å². The molecule has 5 rings (SSSR count). The third-order valence-corrected chi connectivity index (χ3v) is 7.65. The topological polar surface area (TPSA) is 9.23 Å². The van der Waals surface area contributed by atoms with E-state index < -0.39 is 0 Å². The van der Waals surface area contributed by atoms with Crippen LogP contribution in [0.25, 0.3) is 44.5 Å². The Bertz CT molecular complexity index is 1380. The van der Waals surface area contributed by atoms with Gasteiger partial charge in [0.25, 0.3) is 0 Å². The summed E-state index contributed by atoms with van der Waals surface area (Å²) in [4.78, 5) is 0. The van der Waals surface area contributed by atoms with Crippen molar-refractivity contribution < 1.29 is 4.74 Å². The molecule has 1 nitrogen and oxygen atoms in total. The molecule has 0 N–H and O–H groups in total. The van der Waals surface area contributed by atoms with Gasteiger partial charge in [-0.15, -0.1) is 0 Å². The molecule has 0 amide bonds. The van der Waals surface area contributed by atoms with Crippen molar-refractivity contribution in [1.82, 2.24) is 0 Å². The highest BCUT2D eigenvalue weighted by atomic mass is 127. The number of methoxy groups -OCH3 is 1. The number of ether oxygens (including phenoxy) is 1. The van der Waals surface area contributed by atoms with Gasteiger partial charge in [0, 0.05) is 7.14 Å². The Balaban J connectivity index is 1.83. The molecule has 0 bridgehead atoms. The number of rotatable bonds is 5. The molecule has 35 heavy (non-hydrogen) atoms. The lowest BCUT2D eigenvalue weighted by Crippen LogP contribution is -1.94. The zero-order chi connectivity index (χ0) is 24.4. The fourth-order valence-corrected chi connectivity index (χ4v) is 5.06. The molecular weight excluding hydrogens is 654 g/mol. The monoisotopic (exact) mass is 678 g/mol. The van der Waals surface area contributed by atoms with Crippen LogP contribution >= 0.6 is 45.2 Å². The molecular formula is C32H24I2O. The first kappa shape index (κ1) is 24.1. The Morgan fingerprint density at radius 1 is 0.486 bits per heavy atom. The Hall–Kier alpha value is -2.64. The Morgan fingerprint density at radius 3 is 1.37 bits per heavy atom. The van der Waals surface area contributed by atoms with E-state index in [-0.39, 0.29) is 0 Å². The van der Waals surface area contributed by atoms with Gasteiger partial charge < -0.3 is 4.74 Å². The van der Waals surface area contributed by atoms with Crippen molar-refractivity contribution in [3.8, 4) is 50.3 Å². The van der Waals surface area contributed by atoms with Crippen LogP contribution in [-0.4, -0.2) is 7.11 Å². The second-order valence-corrected chi connectivity index (χ2v) is 11.0. The standard InChI is InChI=1S/C32H24I2O/c1-21-3-5-25(6-4-21)32-30(23-7-13-27(33)14-8-23)19-26(22-11-17-29(35-2)18-12-22)20-31(32)24-9-15-28(34)16-10-24/h3-20H,1-2H3. The fourth-order valence-electron chi connectivity index (χ4n) is 4.34. The van der Waals surface area contributed by atoms with E-state index in [2.05, 4.69) is 149 Å². The quantitative estimate of drug-likeness (QED) is 0.168. The maximum absolute atomic E-state index is 5.40. The molecule has 0 aliphatic rings. The van der Waals surface area contributed by atoms with Crippen LogP contribution in [0.2, 0.25) is 0 Å². The van der Waals surface area contributed by atoms with Crippen molar-refractivity contribution >= 4 is 45.2 Å². The number of aryl methyl sites for hydroxylation is 1. The average molecular weight is 678 g/mol. The number of hydrogen-bond acceptors (Lipinski definition) is 1. The van der Waals surface area contributed by atoms with Gasteiger partial charge in [-0.1, -0.05) is 66.2 Å². The van der Waals surface area contributed by atoms with E-state index in [9.17, 15) is 0 Å². The number of benzene rings is 5. The van der Waals surface area contributed by atoms with Crippen molar-refractivity contribution in [1.29, 1.82) is 0 Å². The highest BCUT2D eigenvalue weighted by Gasteiger charge is 2.17. The molecule has 0 spiro atoms. The maximum atomic E-state index is 5.40. The molecule has 0 saturated heterocycles. The first-order chi connectivity index (χ1) is 17.0. The van der Waals surface area contributed by atoms with E-state index in [1.165, 1.54) is 57.2 Å². The SMILES string of the molecule is COc1ccc(-c2cc(-c3ccc(I)cc3)c(-c3ccc(C)cc3)c(-c3ccc(I)cc3)c2)cc1. The van der Waals surface area contributed by atoms with Gasteiger partial charge in [0.1, 0.15) is 5.75 Å². The minimum Gasteiger partial charge on any atom is -0.497 e. The summed E-state index contributed by atoms with van der Waals surface area (Å²) in [7, 11) is 1.70. The molecule has 0 aliphatic heterocycles. The Kier molecular flexibility index (Phi) is 7.25. The van der Waals surface area contributed by atoms with Gasteiger partial charge in [-0.2, -0.15) is 0 Å². The third-order valence-electron chi connectivity index (χ3n) is 6.21. The van der Waals surface area contributed by atoms with Crippen LogP contribution < -0.4 is 4.74 Å². The lowest BCUT2D eigenvalue weighted by Gasteiger charge is -2.19. The molecule has 0 atom stereocenters. The van der Waals surface area contributed by atoms with Crippen LogP contribution in [0.1, 0.15) is 5.56 Å². The first-order valence-corrected chi connectivity index (χ1v) is 13.6. The predicted octanol–water partition coefficient (Wildman–Crippen LogP) is 9.88. The zero-order valence-corrected chi connectivity index (χ0v) is 23.9. The van der Waals surface area contributed by atoms with E-state index in [1.54, 1.807) is 7.11 Å². The van der Waals surface area contributed by atoms with Crippen LogP contribution in [0.4, 0.5) is 0 Å². The maximum Gasteiger partial charge on any atom is 0.118 e. The molecule has 172 valence electrons. The van der Waals surface area contributed by atoms with E-state index in [0.29, 0.717) is 0 Å². The number of hydrogen-bond donors (Lipinski definition) is 0. The average Bonchev–Trinajstić information content (AvgIpc) is 2.89. The molecule has 0 heterocycles. The molecule has 0 saturated carbocycles. The lowest BCUT2D eigenvalue weighted by molar-refractivity contribution is 0.415. The second kappa shape index (κ2) is 10.5. The largest absolute Gasteiger partial charge is 0.497 e. The minimum atomic E-state index is 0.862. The van der Waals surface area contributed by atoms with Gasteiger partial charge in [0.15, 0.2) is 0 Å². The molecule has 0 aliphatic carbocycles. The summed E-state index contributed by atoms with van der Waals surface area (Å²) >= 11 is 4.74. The normalized spacial score (nSPS) is 10.9. The summed E-state index contributed by atoms with van der Waals surface area (Å²) in [6.07, 6.45) is 0. The van der Waals surface area contributed by atoms with Crippen LogP contribution in [0, 0.1) is 14.1 Å². The molecule has 3 heteroatoms. The van der Waals surface area contributed by atoms with Crippen LogP contribution in [0.3, 0.4) is 0 Å². The van der Waals surface area contributed by atoms with Crippen molar-refractivity contribution in [2.45, 2.75) is 6.92 Å². The summed E-state index contributed by atoms with van der Waals surface area (Å²) in [5.41, 5.74) is 11.0. The zero-order valence-electron chi connectivity index (χ0n) is 19.6. The molecule has 5 aromatic carbocycles. The van der Waals surface area contributed by atoms with Crippen LogP contribution in [0.5, 0.6) is 5.75 Å². The van der Waals surface area contributed by atoms with Crippen molar-refractivity contribution in [3.05, 3.63) is 122 Å². The van der Waals surface area contributed by atoms with Gasteiger partial charge in [-0.25, -0.2) is 0 Å². The highest BCUT2D eigenvalue weighted by Crippen LogP contribution is 2.43. The van der Waals surface area contributed by atoms with Crippen molar-refractivity contribution in [2.24, 2.45) is 0 Å². The van der Waals surface area contributed by atoms with E-state index in [4.69, 9.17) is 4.74 Å². The lowest BCUT2D eigenvalue weighted by atomic mass is 9.84. The molecule has 5 aromatic rings. The minimum absolute atomic E-state index is 0.862. The van der Waals surface area contributed by atoms with Gasteiger partial charge in [-0.3, -0.25) is 0 Å². The van der Waals surface area contributed by atoms with Crippen molar-refractivity contribution in [2.75, 3.05) is 7.11 Å². The summed E-state index contributed by atoms with van der Waals surface area (Å²) < 4.78 is 7.86. The number of halogens is 2. The summed E-state index contributed by atoms with van der Waals surface area (Å²) in [5, 5.41) is 0. The van der Waals surface area contributed by atoms with E-state index >= 15 is 0 Å². The molecule has 0 fully saturated rings. The molecule has 0 radical (unpaired) electrons. The van der Waals surface area contributed by atoms with E-state index in [0.717, 1.165) is 5.75 Å². The van der Waals surface area contributed by atoms with Gasteiger partial charge in [0.2, 0.25) is 0 Å². The highest BCUT2D eigenvalue weighted by molar-refractivity contribution is 14.1. The van der Waals surface area contributed by atoms with Gasteiger partial charge >= 0.3 is 0 Å². The second-order valence-electron chi connectivity index (χ2n) is 8.55. The van der Waals surface area contributed by atoms with Crippen molar-refractivity contribution in [3.63, 3.8) is 0 Å². The Labute approximate surface area is 234 Å². The summed E-state index contributed by atoms with van der Waals surface area (Å²) in [6.45, 7) is 2.14. The van der Waals surface area contributed by atoms with Crippen LogP contribution in [-0.2, 0) is 0 Å². The van der Waals surface area contributed by atoms with Gasteiger partial charge in [-0.05, 0) is 145 Å². The first-order valence-electron chi connectivity index (χ1n) is 11.4. The summed E-state index contributed by atoms with van der Waals surface area (Å²) in [6, 6.07) is 39.5. The Morgan fingerprint density at radius 2 is 0.914 bits per heavy atom. The molecule has 0 aromatic heterocycles.